The van der Waals surface area contributed by atoms with Crippen molar-refractivity contribution in [1.29, 1.82) is 0 Å². The Hall–Kier alpha value is -3.15. The third-order valence-electron chi connectivity index (χ3n) is 4.61. The monoisotopic (exact) mass is 776 g/mol. The van der Waals surface area contributed by atoms with Crippen LogP contribution in [0, 0.1) is 0 Å². The third-order valence-corrected chi connectivity index (χ3v) is 5.55. The summed E-state index contributed by atoms with van der Waals surface area (Å²) in [7, 11) is 3.26. The largest absolute Gasteiger partial charge is 2.00 e. The van der Waals surface area contributed by atoms with Crippen LogP contribution < -0.4 is 32.3 Å². The average molecular weight is 780 g/mol. The molecule has 0 saturated heterocycles. The van der Waals surface area contributed by atoms with Crippen molar-refractivity contribution in [2.75, 3.05) is 14.1 Å². The van der Waals surface area contributed by atoms with Crippen LogP contribution in [-0.2, 0) is 89.5 Å². The van der Waals surface area contributed by atoms with Gasteiger partial charge in [-0.05, 0) is 62.3 Å². The van der Waals surface area contributed by atoms with Gasteiger partial charge in [0.25, 0.3) is 11.8 Å². The van der Waals surface area contributed by atoms with E-state index in [9.17, 15) is 9.59 Å². The molecule has 44 heavy (non-hydrogen) atoms. The van der Waals surface area contributed by atoms with Gasteiger partial charge in [0, 0.05) is 35.6 Å². The molecule has 0 aliphatic carbocycles. The summed E-state index contributed by atoms with van der Waals surface area (Å²) in [5.41, 5.74) is 12.0. The second kappa shape index (κ2) is 23.3. The molecule has 0 saturated carbocycles. The van der Waals surface area contributed by atoms with Gasteiger partial charge in [-0.2, -0.15) is 40.8 Å². The molecule has 0 bridgehead atoms. The van der Waals surface area contributed by atoms with Crippen molar-refractivity contribution in [2.24, 2.45) is 40.8 Å². The van der Waals surface area contributed by atoms with E-state index >= 15 is 0 Å². The van der Waals surface area contributed by atoms with E-state index in [4.69, 9.17) is 50.5 Å². The van der Waals surface area contributed by atoms with Gasteiger partial charge >= 0.3 is 39.0 Å². The van der Waals surface area contributed by atoms with Crippen molar-refractivity contribution in [1.82, 2.24) is 32.3 Å². The zero-order chi connectivity index (χ0) is 31.7. The molecule has 0 heterocycles. The van der Waals surface area contributed by atoms with Crippen molar-refractivity contribution in [2.45, 2.75) is 27.7 Å². The van der Waals surface area contributed by atoms with Gasteiger partial charge in [-0.15, -0.1) is 0 Å². The van der Waals surface area contributed by atoms with Gasteiger partial charge in [-0.3, -0.25) is 20.4 Å². The maximum atomic E-state index is 12.4. The first-order valence-corrected chi connectivity index (χ1v) is 13.3. The van der Waals surface area contributed by atoms with Crippen LogP contribution in [0.2, 0.25) is 0 Å². The molecule has 0 atom stereocenters. The number of amides is 2. The molecule has 0 unspecified atom stereocenters. The molecule has 16 nitrogen and oxygen atoms in total. The minimum atomic E-state index is -0.525. The molecule has 226 valence electrons. The van der Waals surface area contributed by atoms with Crippen LogP contribution in [0.4, 0.5) is 0 Å². The topological polar surface area (TPSA) is 205 Å². The summed E-state index contributed by atoms with van der Waals surface area (Å²) in [5, 5.41) is 36.4. The summed E-state index contributed by atoms with van der Waals surface area (Å²) in [6.07, 6.45) is 0. The second-order valence-corrected chi connectivity index (χ2v) is 9.14. The Labute approximate surface area is 302 Å². The van der Waals surface area contributed by atoms with Crippen LogP contribution in [0.3, 0.4) is 0 Å². The number of carbonyl (C=O) groups excluding carboxylic acids is 2. The van der Waals surface area contributed by atoms with Crippen LogP contribution in [0.1, 0.15) is 48.4 Å². The molecule has 0 aliphatic heterocycles. The number of nitrogens with zero attached hydrogens (tertiary/aromatic N) is 8. The molecule has 22 heteroatoms. The van der Waals surface area contributed by atoms with Crippen molar-refractivity contribution < 1.29 is 48.5 Å². The Bertz CT molecular complexity index is 1270. The quantitative estimate of drug-likeness (QED) is 0.0669. The maximum Gasteiger partial charge on any atom is 2.00 e. The predicted octanol–water partition coefficient (Wildman–Crippen LogP) is -0.296. The number of hydrogen-bond acceptors (Lipinski definition) is 14. The Balaban J connectivity index is 0. The summed E-state index contributed by atoms with van der Waals surface area (Å²) < 4.78 is 0. The van der Waals surface area contributed by atoms with Gasteiger partial charge in [0.1, 0.15) is 0 Å². The minimum Gasteiger partial charge on any atom is -0.741 e. The summed E-state index contributed by atoms with van der Waals surface area (Å²) in [5.74, 6) is -1.05. The van der Waals surface area contributed by atoms with Crippen molar-refractivity contribution >= 4 is 106 Å². The van der Waals surface area contributed by atoms with E-state index in [1.54, 1.807) is 41.8 Å². The van der Waals surface area contributed by atoms with Crippen molar-refractivity contribution in [3.8, 4) is 0 Å². The number of benzene rings is 1. The molecular weight excluding hydrogens is 751 g/mol. The SMILES string of the molecule is CN/C([S-])=N/N=C(C)/C(C)=N/N=C(\[S-])NNC(=O)c1ccc(C(=O)NN/C([S-])=N/N=C(C)/C(C)=N/N=C(\[S-])NC)cc1.[Zn+2].[Zn+2]. The molecule has 2 amide bonds. The molecule has 6 N–H and O–H groups in total. The molecule has 0 aromatic heterocycles. The van der Waals surface area contributed by atoms with E-state index in [0.717, 1.165) is 0 Å². The van der Waals surface area contributed by atoms with Crippen LogP contribution in [0.5, 0.6) is 0 Å². The second-order valence-electron chi connectivity index (χ2n) is 7.60. The first kappa shape index (κ1) is 43.0. The number of hydrogen-bond donors (Lipinski definition) is 6. The normalized spacial score (nSPS) is 13.6. The fourth-order valence-electron chi connectivity index (χ4n) is 2.06. The predicted molar refractivity (Wildman–Crippen MR) is 177 cm³/mol. The molecular formula is C22H28N14O2S4Zn2. The molecule has 1 aromatic carbocycles. The number of hydrazine groups is 2. The summed E-state index contributed by atoms with van der Waals surface area (Å²) in [6.45, 7) is 6.66. The molecule has 1 aromatic rings. The number of amidine groups is 4. The fourth-order valence-corrected chi connectivity index (χ4v) is 2.32. The molecule has 1 rings (SSSR count). The Morgan fingerprint density at radius 2 is 0.727 bits per heavy atom. The van der Waals surface area contributed by atoms with Crippen LogP contribution in [0.15, 0.2) is 65.1 Å². The van der Waals surface area contributed by atoms with Gasteiger partial charge in [-0.25, -0.2) is 0 Å². The smallest absolute Gasteiger partial charge is 0.741 e. The first-order valence-electron chi connectivity index (χ1n) is 11.6. The standard InChI is InChI=1S/C22H32N14O2S4.2Zn/c1-11(25-31-19(39)23-5)13(3)27-33-21(41)35-29-17(37)15-7-9-16(10-8-15)18(38)30-36-22(42)34-28-14(4)12(2)26-32-20(40)24-6;;/h7-10H,1-6H3,(H,29,37)(H,30,38)(H2,23,31,39)(H2,24,32,40)(H2,33,35,41)(H2,34,36,42);;/q;2*+2/p-4/b25-11+,26-12+,27-13+,28-14+;;. The number of nitrogens with one attached hydrogen (secondary N) is 6. The van der Waals surface area contributed by atoms with E-state index in [1.807, 2.05) is 0 Å². The average Bonchev–Trinajstić information content (AvgIpc) is 3.00. The first-order chi connectivity index (χ1) is 19.9. The van der Waals surface area contributed by atoms with E-state index < -0.39 is 11.8 Å². The van der Waals surface area contributed by atoms with Crippen LogP contribution >= 0.6 is 0 Å². The Kier molecular flexibility index (Phi) is 22.7. The van der Waals surface area contributed by atoms with Crippen molar-refractivity contribution in [3.05, 3.63) is 35.4 Å². The molecule has 0 fully saturated rings. The van der Waals surface area contributed by atoms with E-state index in [2.05, 4.69) is 73.1 Å². The number of rotatable bonds is 8. The molecule has 0 aliphatic rings. The van der Waals surface area contributed by atoms with Crippen LogP contribution in [-0.4, -0.2) is 69.4 Å². The summed E-state index contributed by atoms with van der Waals surface area (Å²) in [4.78, 5) is 24.8. The van der Waals surface area contributed by atoms with E-state index in [0.29, 0.717) is 22.8 Å². The molecule has 0 spiro atoms. The summed E-state index contributed by atoms with van der Waals surface area (Å²) in [6, 6.07) is 5.76. The number of carbonyl (C=O) groups is 2. The third kappa shape index (κ3) is 17.2. The maximum absolute atomic E-state index is 12.4. The fraction of sp³-hybridized carbons (Fsp3) is 0.273. The van der Waals surface area contributed by atoms with Gasteiger partial charge in [0.05, 0.1) is 22.8 Å². The Morgan fingerprint density at radius 3 is 0.977 bits per heavy atom. The zero-order valence-corrected chi connectivity index (χ0v) is 34.0. The zero-order valence-electron chi connectivity index (χ0n) is 24.8. The van der Waals surface area contributed by atoms with Gasteiger partial charge < -0.3 is 72.0 Å². The summed E-state index contributed by atoms with van der Waals surface area (Å²) >= 11 is 19.8. The minimum absolute atomic E-state index is 0. The van der Waals surface area contributed by atoms with Gasteiger partial charge in [0.2, 0.25) is 0 Å². The van der Waals surface area contributed by atoms with Gasteiger partial charge in [0.15, 0.2) is 0 Å². The van der Waals surface area contributed by atoms with Gasteiger partial charge in [-0.1, -0.05) is 0 Å². The van der Waals surface area contributed by atoms with E-state index in [-0.39, 0.29) is 70.8 Å². The van der Waals surface area contributed by atoms with E-state index in [1.165, 1.54) is 24.3 Å². The van der Waals surface area contributed by atoms with Crippen LogP contribution in [0.25, 0.3) is 0 Å². The Morgan fingerprint density at radius 1 is 0.477 bits per heavy atom. The van der Waals surface area contributed by atoms with Crippen molar-refractivity contribution in [3.63, 3.8) is 0 Å². The molecule has 0 radical (unpaired) electrons.